The number of hydrogen-bond acceptors (Lipinski definition) is 6. The van der Waals surface area contributed by atoms with E-state index in [1.807, 2.05) is 0 Å². The summed E-state index contributed by atoms with van der Waals surface area (Å²) in [6.45, 7) is 8.41. The highest BCUT2D eigenvalue weighted by Crippen LogP contribution is 2.40. The molecule has 0 bridgehead atoms. The van der Waals surface area contributed by atoms with Gasteiger partial charge in [-0.25, -0.2) is 9.59 Å². The topological polar surface area (TPSA) is 78.9 Å². The molecule has 0 aliphatic rings. The number of ether oxygens (including phenoxy) is 3. The van der Waals surface area contributed by atoms with E-state index in [0.29, 0.717) is 0 Å². The summed E-state index contributed by atoms with van der Waals surface area (Å²) >= 11 is 0. The van der Waals surface area contributed by atoms with Crippen LogP contribution in [-0.2, 0) is 28.6 Å². The van der Waals surface area contributed by atoms with Gasteiger partial charge in [0.1, 0.15) is 0 Å². The highest BCUT2D eigenvalue weighted by atomic mass is 19.3. The van der Waals surface area contributed by atoms with Crippen LogP contribution in [0, 0.1) is 5.92 Å². The Morgan fingerprint density at radius 3 is 1.95 bits per heavy atom. The van der Waals surface area contributed by atoms with Crippen molar-refractivity contribution in [2.75, 3.05) is 7.11 Å². The van der Waals surface area contributed by atoms with E-state index >= 15 is 0 Å². The normalized spacial score (nSPS) is 14.0. The molecule has 1 unspecified atom stereocenters. The van der Waals surface area contributed by atoms with Gasteiger partial charge in [0.15, 0.2) is 0 Å². The van der Waals surface area contributed by atoms with Crippen molar-refractivity contribution in [1.29, 1.82) is 0 Å². The maximum atomic E-state index is 14.4. The first-order valence-electron chi connectivity index (χ1n) is 6.44. The van der Waals surface area contributed by atoms with Crippen LogP contribution in [0.5, 0.6) is 0 Å². The van der Waals surface area contributed by atoms with Gasteiger partial charge in [0.2, 0.25) is 0 Å². The molecule has 0 aliphatic carbocycles. The summed E-state index contributed by atoms with van der Waals surface area (Å²) in [5.41, 5.74) is -0.194. The monoisotopic (exact) mass is 322 g/mol. The Balaban J connectivity index is 6.05. The standard InChI is InChI=1S/C14H20F2O6/c1-8(2)7-13(21-10(5)17,22-11(18)9(3)4)14(15,16)12(19)20-6/h8H,3,7H2,1-2,4-6H3. The van der Waals surface area contributed by atoms with Crippen molar-refractivity contribution in [3.63, 3.8) is 0 Å². The zero-order valence-electron chi connectivity index (χ0n) is 13.2. The summed E-state index contributed by atoms with van der Waals surface area (Å²) in [6.07, 6.45) is -0.603. The molecule has 1 atom stereocenters. The van der Waals surface area contributed by atoms with Crippen LogP contribution >= 0.6 is 0 Å². The molecule has 0 saturated heterocycles. The fraction of sp³-hybridized carbons (Fsp3) is 0.643. The lowest BCUT2D eigenvalue weighted by atomic mass is 9.96. The first-order chi connectivity index (χ1) is 9.89. The molecule has 0 heterocycles. The molecule has 0 saturated carbocycles. The molecule has 0 N–H and O–H groups in total. The minimum Gasteiger partial charge on any atom is -0.464 e. The quantitative estimate of drug-likeness (QED) is 0.406. The average molecular weight is 322 g/mol. The first-order valence-corrected chi connectivity index (χ1v) is 6.44. The van der Waals surface area contributed by atoms with Crippen LogP contribution in [0.25, 0.3) is 0 Å². The van der Waals surface area contributed by atoms with Gasteiger partial charge in [0.25, 0.3) is 0 Å². The minimum absolute atomic E-state index is 0.194. The Kier molecular flexibility index (Phi) is 6.66. The van der Waals surface area contributed by atoms with Gasteiger partial charge in [-0.3, -0.25) is 4.79 Å². The van der Waals surface area contributed by atoms with Crippen molar-refractivity contribution in [2.24, 2.45) is 5.92 Å². The molecule has 0 aromatic carbocycles. The Morgan fingerprint density at radius 1 is 1.14 bits per heavy atom. The van der Waals surface area contributed by atoms with Crippen LogP contribution in [0.4, 0.5) is 8.78 Å². The van der Waals surface area contributed by atoms with E-state index in [4.69, 9.17) is 0 Å². The lowest BCUT2D eigenvalue weighted by molar-refractivity contribution is -0.308. The Hall–Kier alpha value is -1.99. The number of halogens is 2. The van der Waals surface area contributed by atoms with E-state index in [0.717, 1.165) is 14.0 Å². The van der Waals surface area contributed by atoms with Gasteiger partial charge in [0.05, 0.1) is 7.11 Å². The minimum atomic E-state index is -4.39. The van der Waals surface area contributed by atoms with E-state index in [1.165, 1.54) is 20.8 Å². The van der Waals surface area contributed by atoms with Crippen LogP contribution in [0.2, 0.25) is 0 Å². The largest absolute Gasteiger partial charge is 0.464 e. The van der Waals surface area contributed by atoms with Gasteiger partial charge < -0.3 is 14.2 Å². The highest BCUT2D eigenvalue weighted by molar-refractivity contribution is 5.88. The molecule has 22 heavy (non-hydrogen) atoms. The third-order valence-electron chi connectivity index (χ3n) is 2.51. The van der Waals surface area contributed by atoms with E-state index in [9.17, 15) is 23.2 Å². The molecule has 0 spiro atoms. The Morgan fingerprint density at radius 2 is 1.64 bits per heavy atom. The zero-order chi connectivity index (χ0) is 17.7. The van der Waals surface area contributed by atoms with Gasteiger partial charge in [-0.2, -0.15) is 8.78 Å². The van der Waals surface area contributed by atoms with Crippen LogP contribution in [0.3, 0.4) is 0 Å². The molecule has 0 radical (unpaired) electrons. The predicted molar refractivity (Wildman–Crippen MR) is 71.8 cm³/mol. The highest BCUT2D eigenvalue weighted by Gasteiger charge is 2.66. The summed E-state index contributed by atoms with van der Waals surface area (Å²) in [5.74, 6) is -12.3. The molecular weight excluding hydrogens is 302 g/mol. The maximum Gasteiger partial charge on any atom is 0.417 e. The summed E-state index contributed by atoms with van der Waals surface area (Å²) < 4.78 is 42.1. The van der Waals surface area contributed by atoms with Crippen molar-refractivity contribution in [2.45, 2.75) is 45.8 Å². The van der Waals surface area contributed by atoms with E-state index in [2.05, 4.69) is 20.8 Å². The second-order valence-corrected chi connectivity index (χ2v) is 5.18. The number of alkyl halides is 2. The molecule has 8 heteroatoms. The summed E-state index contributed by atoms with van der Waals surface area (Å²) in [7, 11) is 0.741. The van der Waals surface area contributed by atoms with Crippen molar-refractivity contribution >= 4 is 17.9 Å². The number of methoxy groups -OCH3 is 1. The predicted octanol–water partition coefficient (Wildman–Crippen LogP) is 2.22. The van der Waals surface area contributed by atoms with Crippen molar-refractivity contribution in [3.05, 3.63) is 12.2 Å². The molecule has 6 nitrogen and oxygen atoms in total. The van der Waals surface area contributed by atoms with E-state index in [1.54, 1.807) is 0 Å². The second kappa shape index (κ2) is 7.33. The van der Waals surface area contributed by atoms with Gasteiger partial charge in [-0.15, -0.1) is 0 Å². The zero-order valence-corrected chi connectivity index (χ0v) is 13.2. The number of esters is 3. The third kappa shape index (κ3) is 4.51. The molecule has 0 aliphatic heterocycles. The second-order valence-electron chi connectivity index (χ2n) is 5.18. The van der Waals surface area contributed by atoms with E-state index < -0.39 is 42.0 Å². The average Bonchev–Trinajstić information content (AvgIpc) is 2.35. The van der Waals surface area contributed by atoms with Crippen LogP contribution in [0.15, 0.2) is 12.2 Å². The number of carbonyl (C=O) groups is 3. The molecule has 126 valence electrons. The van der Waals surface area contributed by atoms with Crippen molar-refractivity contribution < 1.29 is 37.4 Å². The van der Waals surface area contributed by atoms with Crippen molar-refractivity contribution in [1.82, 2.24) is 0 Å². The summed E-state index contributed by atoms with van der Waals surface area (Å²) in [6, 6.07) is 0. The lowest BCUT2D eigenvalue weighted by Gasteiger charge is -2.37. The van der Waals surface area contributed by atoms with Gasteiger partial charge in [-0.05, 0) is 12.8 Å². The lowest BCUT2D eigenvalue weighted by Crippen LogP contribution is -2.59. The van der Waals surface area contributed by atoms with Crippen LogP contribution in [0.1, 0.15) is 34.1 Å². The van der Waals surface area contributed by atoms with Gasteiger partial charge in [0, 0.05) is 18.9 Å². The fourth-order valence-corrected chi connectivity index (χ4v) is 1.65. The summed E-state index contributed by atoms with van der Waals surface area (Å²) in [5, 5.41) is 0. The van der Waals surface area contributed by atoms with E-state index in [-0.39, 0.29) is 5.57 Å². The number of hydrogen-bond donors (Lipinski definition) is 0. The molecule has 0 fully saturated rings. The smallest absolute Gasteiger partial charge is 0.417 e. The van der Waals surface area contributed by atoms with Crippen molar-refractivity contribution in [3.8, 4) is 0 Å². The first kappa shape index (κ1) is 20.0. The fourth-order valence-electron chi connectivity index (χ4n) is 1.65. The molecule has 0 aromatic rings. The van der Waals surface area contributed by atoms with Gasteiger partial charge >= 0.3 is 29.6 Å². The third-order valence-corrected chi connectivity index (χ3v) is 2.51. The molecule has 0 rings (SSSR count). The SMILES string of the molecule is C=C(C)C(=O)OC(CC(C)C)(OC(C)=O)C(F)(F)C(=O)OC. The summed E-state index contributed by atoms with van der Waals surface area (Å²) in [4.78, 5) is 34.3. The van der Waals surface area contributed by atoms with Gasteiger partial charge in [-0.1, -0.05) is 20.4 Å². The van der Waals surface area contributed by atoms with Crippen LogP contribution < -0.4 is 0 Å². The number of carbonyl (C=O) groups excluding carboxylic acids is 3. The number of rotatable bonds is 7. The van der Waals surface area contributed by atoms with Crippen LogP contribution in [-0.4, -0.2) is 36.7 Å². The Bertz CT molecular complexity index is 472. The Labute approximate surface area is 127 Å². The molecular formula is C14H20F2O6. The molecule has 0 amide bonds. The molecule has 0 aromatic heterocycles. The maximum absolute atomic E-state index is 14.4.